The lowest BCUT2D eigenvalue weighted by molar-refractivity contribution is -0.116. The zero-order valence-corrected chi connectivity index (χ0v) is 11.3. The van der Waals surface area contributed by atoms with Crippen LogP contribution >= 0.6 is 0 Å². The second-order valence-corrected chi connectivity index (χ2v) is 4.56. The van der Waals surface area contributed by atoms with Gasteiger partial charge in [-0.15, -0.1) is 0 Å². The summed E-state index contributed by atoms with van der Waals surface area (Å²) in [6.07, 6.45) is 3.87. The fourth-order valence-corrected chi connectivity index (χ4v) is 1.77. The number of unbranched alkanes of at least 4 members (excludes halogenated alkanes) is 3. The Hall–Kier alpha value is -1.95. The van der Waals surface area contributed by atoms with Crippen LogP contribution in [-0.2, 0) is 4.79 Å². The van der Waals surface area contributed by atoms with Crippen molar-refractivity contribution in [2.24, 2.45) is 11.5 Å². The first kappa shape index (κ1) is 16.1. The smallest absolute Gasteiger partial charge is 0.248 e. The first-order valence-corrected chi connectivity index (χ1v) is 6.64. The third-order valence-electron chi connectivity index (χ3n) is 2.88. The average Bonchev–Trinajstić information content (AvgIpc) is 2.40. The molecule has 0 aliphatic carbocycles. The van der Waals surface area contributed by atoms with Crippen LogP contribution in [0.1, 0.15) is 42.5 Å². The topological polar surface area (TPSA) is 98.2 Å². The summed E-state index contributed by atoms with van der Waals surface area (Å²) in [5.41, 5.74) is 10.6. The fraction of sp³-hybridized carbons (Fsp3) is 0.429. The van der Waals surface area contributed by atoms with E-state index < -0.39 is 11.7 Å². The number of hydrogen-bond donors (Lipinski definition) is 3. The Morgan fingerprint density at radius 3 is 2.50 bits per heavy atom. The molecule has 0 saturated heterocycles. The number of anilines is 1. The quantitative estimate of drug-likeness (QED) is 0.633. The number of hydrogen-bond acceptors (Lipinski definition) is 3. The van der Waals surface area contributed by atoms with Crippen LogP contribution in [0.5, 0.6) is 0 Å². The minimum Gasteiger partial charge on any atom is -0.366 e. The summed E-state index contributed by atoms with van der Waals surface area (Å²) in [5.74, 6) is -1.54. The molecule has 2 amide bonds. The van der Waals surface area contributed by atoms with E-state index in [0.717, 1.165) is 31.7 Å². The van der Waals surface area contributed by atoms with Crippen LogP contribution < -0.4 is 16.8 Å². The Balaban J connectivity index is 2.49. The molecule has 0 radical (unpaired) electrons. The number of amides is 2. The molecule has 1 rings (SSSR count). The molecule has 0 aliphatic rings. The summed E-state index contributed by atoms with van der Waals surface area (Å²) < 4.78 is 13.5. The van der Waals surface area contributed by atoms with Gasteiger partial charge in [0.15, 0.2) is 0 Å². The molecule has 110 valence electrons. The van der Waals surface area contributed by atoms with E-state index in [1.54, 1.807) is 0 Å². The van der Waals surface area contributed by atoms with E-state index in [0.29, 0.717) is 13.0 Å². The third kappa shape index (κ3) is 5.36. The van der Waals surface area contributed by atoms with Crippen LogP contribution in [0.3, 0.4) is 0 Å². The van der Waals surface area contributed by atoms with Crippen molar-refractivity contribution < 1.29 is 14.0 Å². The number of nitrogens with one attached hydrogen (secondary N) is 1. The maximum absolute atomic E-state index is 13.5. The van der Waals surface area contributed by atoms with Gasteiger partial charge in [0.2, 0.25) is 11.8 Å². The number of halogens is 1. The standard InChI is InChI=1S/C14H20FN3O2/c15-11-7-6-10(14(17)20)9-12(11)18-13(19)5-3-1-2-4-8-16/h6-7,9H,1-5,8,16H2,(H2,17,20)(H,18,19). The molecule has 0 saturated carbocycles. The molecular weight excluding hydrogens is 261 g/mol. The number of primary amides is 1. The van der Waals surface area contributed by atoms with Crippen molar-refractivity contribution >= 4 is 17.5 Å². The molecule has 0 fully saturated rings. The minimum absolute atomic E-state index is 0.0201. The van der Waals surface area contributed by atoms with E-state index in [1.165, 1.54) is 12.1 Å². The molecule has 5 N–H and O–H groups in total. The molecule has 0 aromatic heterocycles. The lowest BCUT2D eigenvalue weighted by Gasteiger charge is -2.07. The summed E-state index contributed by atoms with van der Waals surface area (Å²) in [6, 6.07) is 3.63. The van der Waals surface area contributed by atoms with E-state index in [-0.39, 0.29) is 17.2 Å². The number of nitrogens with two attached hydrogens (primary N) is 2. The van der Waals surface area contributed by atoms with Gasteiger partial charge in [0.25, 0.3) is 0 Å². The molecule has 0 spiro atoms. The number of carbonyl (C=O) groups is 2. The van der Waals surface area contributed by atoms with E-state index in [9.17, 15) is 14.0 Å². The Labute approximate surface area is 117 Å². The van der Waals surface area contributed by atoms with Crippen molar-refractivity contribution in [3.63, 3.8) is 0 Å². The minimum atomic E-state index is -0.665. The number of benzene rings is 1. The monoisotopic (exact) mass is 281 g/mol. The Kier molecular flexibility index (Phi) is 6.66. The van der Waals surface area contributed by atoms with Gasteiger partial charge < -0.3 is 16.8 Å². The zero-order chi connectivity index (χ0) is 15.0. The Bertz CT molecular complexity index is 477. The maximum Gasteiger partial charge on any atom is 0.248 e. The van der Waals surface area contributed by atoms with E-state index >= 15 is 0 Å². The van der Waals surface area contributed by atoms with Gasteiger partial charge in [-0.2, -0.15) is 0 Å². The normalized spacial score (nSPS) is 10.3. The Morgan fingerprint density at radius 2 is 1.85 bits per heavy atom. The highest BCUT2D eigenvalue weighted by molar-refractivity contribution is 5.96. The summed E-state index contributed by atoms with van der Waals surface area (Å²) >= 11 is 0. The van der Waals surface area contributed by atoms with Gasteiger partial charge in [-0.3, -0.25) is 9.59 Å². The highest BCUT2D eigenvalue weighted by Gasteiger charge is 2.10. The highest BCUT2D eigenvalue weighted by atomic mass is 19.1. The van der Waals surface area contributed by atoms with Gasteiger partial charge in [-0.25, -0.2) is 4.39 Å². The summed E-state index contributed by atoms with van der Waals surface area (Å²) in [7, 11) is 0. The largest absolute Gasteiger partial charge is 0.366 e. The average molecular weight is 281 g/mol. The van der Waals surface area contributed by atoms with E-state index in [4.69, 9.17) is 11.5 Å². The van der Waals surface area contributed by atoms with Crippen molar-refractivity contribution in [1.82, 2.24) is 0 Å². The van der Waals surface area contributed by atoms with Crippen LogP contribution in [0.4, 0.5) is 10.1 Å². The van der Waals surface area contributed by atoms with Crippen molar-refractivity contribution in [2.75, 3.05) is 11.9 Å². The molecule has 5 nitrogen and oxygen atoms in total. The van der Waals surface area contributed by atoms with Crippen molar-refractivity contribution in [3.05, 3.63) is 29.6 Å². The molecule has 1 aromatic rings. The lowest BCUT2D eigenvalue weighted by Crippen LogP contribution is -2.15. The van der Waals surface area contributed by atoms with Crippen LogP contribution in [0, 0.1) is 5.82 Å². The molecule has 20 heavy (non-hydrogen) atoms. The molecular formula is C14H20FN3O2. The molecule has 0 atom stereocenters. The van der Waals surface area contributed by atoms with Crippen LogP contribution in [0.25, 0.3) is 0 Å². The molecule has 6 heteroatoms. The molecule has 0 heterocycles. The summed E-state index contributed by atoms with van der Waals surface area (Å²) in [5, 5.41) is 2.45. The van der Waals surface area contributed by atoms with E-state index in [2.05, 4.69) is 5.32 Å². The second kappa shape index (κ2) is 8.27. The van der Waals surface area contributed by atoms with Crippen LogP contribution in [0.2, 0.25) is 0 Å². The summed E-state index contributed by atoms with van der Waals surface area (Å²) in [6.45, 7) is 0.650. The van der Waals surface area contributed by atoms with Crippen molar-refractivity contribution in [2.45, 2.75) is 32.1 Å². The van der Waals surface area contributed by atoms with Gasteiger partial charge in [0.05, 0.1) is 5.69 Å². The van der Waals surface area contributed by atoms with Gasteiger partial charge in [-0.1, -0.05) is 12.8 Å². The van der Waals surface area contributed by atoms with Crippen LogP contribution in [-0.4, -0.2) is 18.4 Å². The second-order valence-electron chi connectivity index (χ2n) is 4.56. The molecule has 0 unspecified atom stereocenters. The predicted molar refractivity (Wildman–Crippen MR) is 75.7 cm³/mol. The van der Waals surface area contributed by atoms with Crippen LogP contribution in [0.15, 0.2) is 18.2 Å². The third-order valence-corrected chi connectivity index (χ3v) is 2.88. The molecule has 1 aromatic carbocycles. The molecule has 0 aliphatic heterocycles. The first-order chi connectivity index (χ1) is 9.54. The lowest BCUT2D eigenvalue weighted by atomic mass is 10.1. The molecule has 0 bridgehead atoms. The van der Waals surface area contributed by atoms with Gasteiger partial charge in [0, 0.05) is 12.0 Å². The summed E-state index contributed by atoms with van der Waals surface area (Å²) in [4.78, 5) is 22.7. The van der Waals surface area contributed by atoms with Crippen molar-refractivity contribution in [1.29, 1.82) is 0 Å². The van der Waals surface area contributed by atoms with Gasteiger partial charge in [-0.05, 0) is 37.6 Å². The van der Waals surface area contributed by atoms with Crippen molar-refractivity contribution in [3.8, 4) is 0 Å². The highest BCUT2D eigenvalue weighted by Crippen LogP contribution is 2.16. The fourth-order valence-electron chi connectivity index (χ4n) is 1.77. The zero-order valence-electron chi connectivity index (χ0n) is 11.3. The number of carbonyl (C=O) groups excluding carboxylic acids is 2. The first-order valence-electron chi connectivity index (χ1n) is 6.64. The maximum atomic E-state index is 13.5. The SMILES string of the molecule is NCCCCCCC(=O)Nc1cc(C(N)=O)ccc1F. The van der Waals surface area contributed by atoms with E-state index in [1.807, 2.05) is 0 Å². The Morgan fingerprint density at radius 1 is 1.15 bits per heavy atom. The van der Waals surface area contributed by atoms with Gasteiger partial charge in [0.1, 0.15) is 5.82 Å². The van der Waals surface area contributed by atoms with Gasteiger partial charge >= 0.3 is 0 Å². The predicted octanol–water partition coefficient (Wildman–Crippen LogP) is 1.77. The number of rotatable bonds is 8.